The van der Waals surface area contributed by atoms with Crippen LogP contribution in [0.15, 0.2) is 29.2 Å². The number of carbonyl (C=O) groups is 1. The van der Waals surface area contributed by atoms with Crippen molar-refractivity contribution < 1.29 is 17.9 Å². The van der Waals surface area contributed by atoms with E-state index in [2.05, 4.69) is 0 Å². The van der Waals surface area contributed by atoms with E-state index in [0.29, 0.717) is 5.75 Å². The summed E-state index contributed by atoms with van der Waals surface area (Å²) >= 11 is 0. The van der Waals surface area contributed by atoms with Crippen molar-refractivity contribution >= 4 is 16.1 Å². The summed E-state index contributed by atoms with van der Waals surface area (Å²) in [7, 11) is 1.16. The Bertz CT molecular complexity index is 672. The predicted octanol–water partition coefficient (Wildman–Crippen LogP) is 1.42. The summed E-state index contributed by atoms with van der Waals surface area (Å²) in [5.41, 5.74) is 0. The fraction of sp³-hybridized carbons (Fsp3) is 0.533. The van der Waals surface area contributed by atoms with E-state index in [1.807, 2.05) is 6.92 Å². The zero-order valence-electron chi connectivity index (χ0n) is 14.1. The van der Waals surface area contributed by atoms with Crippen LogP contribution < -0.4 is 4.74 Å². The summed E-state index contributed by atoms with van der Waals surface area (Å²) in [4.78, 5) is 15.5. The molecular formula is C15H23N3O4S. The summed E-state index contributed by atoms with van der Waals surface area (Å²) in [5, 5.41) is 0. The number of methoxy groups -OCH3 is 1. The van der Waals surface area contributed by atoms with E-state index in [9.17, 15) is 13.2 Å². The van der Waals surface area contributed by atoms with Gasteiger partial charge in [0.2, 0.25) is 10.0 Å². The average Bonchev–Trinajstić information content (AvgIpc) is 2.82. The maximum absolute atomic E-state index is 12.9. The Morgan fingerprint density at radius 3 is 2.26 bits per heavy atom. The molecule has 7 nitrogen and oxygen atoms in total. The fourth-order valence-corrected chi connectivity index (χ4v) is 4.44. The van der Waals surface area contributed by atoms with Crippen LogP contribution in [0.5, 0.6) is 5.75 Å². The molecule has 23 heavy (non-hydrogen) atoms. The minimum absolute atomic E-state index is 0.187. The van der Waals surface area contributed by atoms with Crippen molar-refractivity contribution in [3.63, 3.8) is 0 Å². The van der Waals surface area contributed by atoms with Gasteiger partial charge in [-0.2, -0.15) is 4.31 Å². The van der Waals surface area contributed by atoms with Gasteiger partial charge in [-0.25, -0.2) is 13.2 Å². The first kappa shape index (κ1) is 17.6. The molecule has 0 bridgehead atoms. The summed E-state index contributed by atoms with van der Waals surface area (Å²) < 4.78 is 32.1. The van der Waals surface area contributed by atoms with E-state index in [0.717, 1.165) is 0 Å². The number of sulfonamides is 1. The van der Waals surface area contributed by atoms with Crippen molar-refractivity contribution in [3.8, 4) is 5.75 Å². The van der Waals surface area contributed by atoms with Crippen LogP contribution in [0.25, 0.3) is 0 Å². The predicted molar refractivity (Wildman–Crippen MR) is 86.7 cm³/mol. The molecule has 1 fully saturated rings. The first-order valence-corrected chi connectivity index (χ1v) is 8.79. The maximum Gasteiger partial charge on any atom is 0.321 e. The molecule has 2 amide bonds. The van der Waals surface area contributed by atoms with Crippen LogP contribution in [0.3, 0.4) is 0 Å². The third-order valence-corrected chi connectivity index (χ3v) is 5.95. The SMILES string of the molecule is COc1ccc(S(=O)(=O)N2C[C@H](C)N(C(=O)N(C)C)[C@@H]2C)cc1. The lowest BCUT2D eigenvalue weighted by Gasteiger charge is -2.30. The molecule has 1 saturated heterocycles. The van der Waals surface area contributed by atoms with Crippen LogP contribution in [0.1, 0.15) is 13.8 Å². The normalized spacial score (nSPS) is 22.2. The Balaban J connectivity index is 2.31. The van der Waals surface area contributed by atoms with Gasteiger partial charge in [-0.1, -0.05) is 0 Å². The van der Waals surface area contributed by atoms with Gasteiger partial charge in [0.15, 0.2) is 0 Å². The number of urea groups is 1. The van der Waals surface area contributed by atoms with Crippen LogP contribution in [-0.4, -0.2) is 68.5 Å². The number of carbonyl (C=O) groups excluding carboxylic acids is 1. The van der Waals surface area contributed by atoms with E-state index >= 15 is 0 Å². The van der Waals surface area contributed by atoms with E-state index in [-0.39, 0.29) is 23.5 Å². The van der Waals surface area contributed by atoms with Crippen molar-refractivity contribution in [1.29, 1.82) is 0 Å². The van der Waals surface area contributed by atoms with Gasteiger partial charge in [-0.15, -0.1) is 0 Å². The molecule has 2 atom stereocenters. The van der Waals surface area contributed by atoms with Gasteiger partial charge in [-0.05, 0) is 38.1 Å². The Labute approximate surface area is 137 Å². The number of hydrogen-bond donors (Lipinski definition) is 0. The highest BCUT2D eigenvalue weighted by atomic mass is 32.2. The van der Waals surface area contributed by atoms with Crippen molar-refractivity contribution in [2.45, 2.75) is 31.0 Å². The summed E-state index contributed by atoms with van der Waals surface area (Å²) in [6, 6.07) is 5.87. The lowest BCUT2D eigenvalue weighted by Crippen LogP contribution is -2.47. The zero-order chi connectivity index (χ0) is 17.4. The van der Waals surface area contributed by atoms with Crippen molar-refractivity contribution in [2.75, 3.05) is 27.7 Å². The molecule has 1 aliphatic rings. The van der Waals surface area contributed by atoms with Gasteiger partial charge in [0.1, 0.15) is 5.75 Å². The smallest absolute Gasteiger partial charge is 0.321 e. The average molecular weight is 341 g/mol. The second-order valence-corrected chi connectivity index (χ2v) is 7.71. The Kier molecular flexibility index (Phi) is 4.86. The topological polar surface area (TPSA) is 70.2 Å². The molecule has 1 aromatic rings. The molecule has 1 heterocycles. The van der Waals surface area contributed by atoms with Gasteiger partial charge in [0.05, 0.1) is 18.2 Å². The molecule has 0 spiro atoms. The van der Waals surface area contributed by atoms with Crippen LogP contribution in [0.2, 0.25) is 0 Å². The Hall–Kier alpha value is -1.80. The van der Waals surface area contributed by atoms with Gasteiger partial charge in [0, 0.05) is 26.7 Å². The molecule has 0 N–H and O–H groups in total. The number of hydrogen-bond acceptors (Lipinski definition) is 4. The summed E-state index contributed by atoms with van der Waals surface area (Å²) in [6.45, 7) is 3.85. The molecule has 0 unspecified atom stereocenters. The molecule has 128 valence electrons. The highest BCUT2D eigenvalue weighted by molar-refractivity contribution is 7.89. The monoisotopic (exact) mass is 341 g/mol. The number of amides is 2. The molecule has 0 saturated carbocycles. The van der Waals surface area contributed by atoms with E-state index in [1.165, 1.54) is 28.4 Å². The molecule has 0 radical (unpaired) electrons. The van der Waals surface area contributed by atoms with E-state index < -0.39 is 16.2 Å². The van der Waals surface area contributed by atoms with Crippen LogP contribution in [0.4, 0.5) is 4.79 Å². The van der Waals surface area contributed by atoms with Crippen LogP contribution >= 0.6 is 0 Å². The first-order chi connectivity index (χ1) is 10.7. The largest absolute Gasteiger partial charge is 0.497 e. The van der Waals surface area contributed by atoms with Crippen molar-refractivity contribution in [1.82, 2.24) is 14.1 Å². The second-order valence-electron chi connectivity index (χ2n) is 5.82. The van der Waals surface area contributed by atoms with Crippen LogP contribution in [0, 0.1) is 0 Å². The van der Waals surface area contributed by atoms with E-state index in [4.69, 9.17) is 4.74 Å². The molecule has 1 aliphatic heterocycles. The highest BCUT2D eigenvalue weighted by Gasteiger charge is 2.44. The van der Waals surface area contributed by atoms with Crippen molar-refractivity contribution in [2.24, 2.45) is 0 Å². The Morgan fingerprint density at radius 2 is 1.78 bits per heavy atom. The van der Waals surface area contributed by atoms with Crippen LogP contribution in [-0.2, 0) is 10.0 Å². The second kappa shape index (κ2) is 6.37. The number of nitrogens with zero attached hydrogens (tertiary/aromatic N) is 3. The fourth-order valence-electron chi connectivity index (χ4n) is 2.77. The maximum atomic E-state index is 12.9. The molecule has 0 aromatic heterocycles. The lowest BCUT2D eigenvalue weighted by atomic mass is 10.3. The number of benzene rings is 1. The molecule has 2 rings (SSSR count). The first-order valence-electron chi connectivity index (χ1n) is 7.35. The standard InChI is InChI=1S/C15H23N3O4S/c1-11-10-17(12(2)18(11)15(19)16(3)4)23(20,21)14-8-6-13(22-5)7-9-14/h6-9,11-12H,10H2,1-5H3/t11-,12+/m0/s1. The molecule has 0 aliphatic carbocycles. The molecule has 1 aromatic carbocycles. The Morgan fingerprint density at radius 1 is 1.22 bits per heavy atom. The minimum Gasteiger partial charge on any atom is -0.497 e. The van der Waals surface area contributed by atoms with Gasteiger partial charge < -0.3 is 14.5 Å². The summed E-state index contributed by atoms with van der Waals surface area (Å²) in [6.07, 6.45) is -0.535. The third-order valence-electron chi connectivity index (χ3n) is 4.01. The van der Waals surface area contributed by atoms with Gasteiger partial charge in [-0.3, -0.25) is 0 Å². The quantitative estimate of drug-likeness (QED) is 0.834. The number of ether oxygens (including phenoxy) is 1. The highest BCUT2D eigenvalue weighted by Crippen LogP contribution is 2.29. The van der Waals surface area contributed by atoms with Gasteiger partial charge in [0.25, 0.3) is 0 Å². The van der Waals surface area contributed by atoms with Crippen molar-refractivity contribution in [3.05, 3.63) is 24.3 Å². The number of rotatable bonds is 3. The third kappa shape index (κ3) is 3.13. The molecular weight excluding hydrogens is 318 g/mol. The zero-order valence-corrected chi connectivity index (χ0v) is 14.9. The minimum atomic E-state index is -3.67. The molecule has 8 heteroatoms. The van der Waals surface area contributed by atoms with E-state index in [1.54, 1.807) is 38.1 Å². The summed E-state index contributed by atoms with van der Waals surface area (Å²) in [5.74, 6) is 0.594. The lowest BCUT2D eigenvalue weighted by molar-refractivity contribution is 0.144. The van der Waals surface area contributed by atoms with Gasteiger partial charge >= 0.3 is 6.03 Å².